The summed E-state index contributed by atoms with van der Waals surface area (Å²) in [4.78, 5) is 14.4. The summed E-state index contributed by atoms with van der Waals surface area (Å²) in [6.07, 6.45) is -1.79. The van der Waals surface area contributed by atoms with E-state index in [1.807, 2.05) is 19.1 Å². The summed E-state index contributed by atoms with van der Waals surface area (Å²) < 4.78 is 54.0. The van der Waals surface area contributed by atoms with Gasteiger partial charge in [-0.2, -0.15) is 18.4 Å². The number of benzene rings is 3. The Morgan fingerprint density at radius 1 is 1.07 bits per heavy atom. The summed E-state index contributed by atoms with van der Waals surface area (Å²) in [5, 5.41) is 13.6. The minimum atomic E-state index is -4.45. The molecular weight excluding hydrogens is 597 g/mol. The maximum atomic E-state index is 12.6. The summed E-state index contributed by atoms with van der Waals surface area (Å²) in [5.74, 6) is -0.0697. The van der Waals surface area contributed by atoms with Gasteiger partial charge in [-0.1, -0.05) is 36.4 Å². The van der Waals surface area contributed by atoms with E-state index in [1.54, 1.807) is 42.5 Å². The Morgan fingerprint density at radius 2 is 1.76 bits per heavy atom. The first-order valence-electron chi connectivity index (χ1n) is 15.4. The van der Waals surface area contributed by atoms with Crippen LogP contribution in [-0.2, 0) is 17.6 Å². The van der Waals surface area contributed by atoms with E-state index in [0.717, 1.165) is 29.8 Å². The molecule has 0 spiro atoms. The lowest BCUT2D eigenvalue weighted by Crippen LogP contribution is -2.53. The smallest absolute Gasteiger partial charge is 0.422 e. The lowest BCUT2D eigenvalue weighted by atomic mass is 9.94. The molecule has 1 heterocycles. The molecule has 3 N–H and O–H groups in total. The monoisotopic (exact) mass is 638 g/mol. The molecule has 0 aliphatic carbocycles. The Morgan fingerprint density at radius 3 is 2.43 bits per heavy atom. The number of esters is 1. The predicted molar refractivity (Wildman–Crippen MR) is 170 cm³/mol. The Balaban J connectivity index is 1.29. The van der Waals surface area contributed by atoms with E-state index < -0.39 is 18.3 Å². The van der Waals surface area contributed by atoms with Crippen molar-refractivity contribution in [3.63, 3.8) is 0 Å². The van der Waals surface area contributed by atoms with Gasteiger partial charge >= 0.3 is 12.1 Å². The molecule has 1 aliphatic heterocycles. The van der Waals surface area contributed by atoms with Crippen LogP contribution < -0.4 is 25.4 Å². The molecule has 1 unspecified atom stereocenters. The van der Waals surface area contributed by atoms with Crippen LogP contribution >= 0.6 is 0 Å². The highest BCUT2D eigenvalue weighted by atomic mass is 19.4. The summed E-state index contributed by atoms with van der Waals surface area (Å²) >= 11 is 0. The number of nitriles is 1. The average molecular weight is 639 g/mol. The maximum absolute atomic E-state index is 12.6. The second-order valence-corrected chi connectivity index (χ2v) is 11.8. The number of carbonyl (C=O) groups is 1. The highest BCUT2D eigenvalue weighted by molar-refractivity contribution is 5.89. The van der Waals surface area contributed by atoms with Gasteiger partial charge in [0.05, 0.1) is 30.0 Å². The Labute approximate surface area is 268 Å². The molecule has 8 nitrogen and oxygen atoms in total. The van der Waals surface area contributed by atoms with Crippen molar-refractivity contribution in [2.24, 2.45) is 5.73 Å². The van der Waals surface area contributed by atoms with Crippen molar-refractivity contribution in [2.45, 2.75) is 57.3 Å². The number of carbonyl (C=O) groups excluding carboxylic acids is 1. The molecule has 11 heteroatoms. The highest BCUT2D eigenvalue weighted by Gasteiger charge is 2.30. The number of anilines is 1. The third kappa shape index (κ3) is 9.86. The van der Waals surface area contributed by atoms with Crippen LogP contribution in [0.5, 0.6) is 11.5 Å². The van der Waals surface area contributed by atoms with Crippen molar-refractivity contribution in [3.8, 4) is 17.6 Å². The number of para-hydroxylation sites is 2. The topological polar surface area (TPSA) is 110 Å². The lowest BCUT2D eigenvalue weighted by Gasteiger charge is -2.33. The van der Waals surface area contributed by atoms with Gasteiger partial charge in [-0.25, -0.2) is 4.79 Å². The number of hydrogen-bond acceptors (Lipinski definition) is 8. The largest absolute Gasteiger partial charge is 0.490 e. The van der Waals surface area contributed by atoms with E-state index in [9.17, 15) is 23.2 Å². The zero-order valence-electron chi connectivity index (χ0n) is 26.2. The number of nitrogens with two attached hydrogens (primary N) is 1. The Bertz CT molecular complexity index is 1500. The fourth-order valence-electron chi connectivity index (χ4n) is 5.66. The van der Waals surface area contributed by atoms with E-state index >= 15 is 0 Å². The van der Waals surface area contributed by atoms with Gasteiger partial charge in [0.2, 0.25) is 0 Å². The number of ether oxygens (including phenoxy) is 3. The Hall–Kier alpha value is -4.27. The normalized spacial score (nSPS) is 14.6. The van der Waals surface area contributed by atoms with Crippen LogP contribution in [-0.4, -0.2) is 63.2 Å². The minimum absolute atomic E-state index is 0.0114. The van der Waals surface area contributed by atoms with Gasteiger partial charge in [-0.3, -0.25) is 0 Å². The zero-order valence-corrected chi connectivity index (χ0v) is 26.2. The molecule has 46 heavy (non-hydrogen) atoms. The molecule has 0 aromatic heterocycles. The van der Waals surface area contributed by atoms with E-state index in [2.05, 4.69) is 29.3 Å². The molecular formula is C35H41F3N4O4. The molecule has 246 valence electrons. The van der Waals surface area contributed by atoms with Crippen molar-refractivity contribution < 1.29 is 32.2 Å². The van der Waals surface area contributed by atoms with Crippen LogP contribution in [0.4, 0.5) is 18.9 Å². The standard InChI is InChI=1S/C35H41F3N4O4/c1-25(41-34(2,23-40)14-18-44-30-11-6-7-12-31(30)46-24-35(36,37)38)19-26-20-28-13-16-42(32(28)29(21-26)22-39)15-8-17-45-33(43)27-9-4-3-5-10-27/h3-7,9-12,20-21,25,41H,8,13-19,23-24,40H2,1-2H3/t25-,34?/m1/s1. The molecule has 0 saturated carbocycles. The molecule has 0 fully saturated rings. The number of rotatable bonds is 16. The van der Waals surface area contributed by atoms with Gasteiger partial charge < -0.3 is 30.2 Å². The second-order valence-electron chi connectivity index (χ2n) is 11.8. The summed E-state index contributed by atoms with van der Waals surface area (Å²) in [7, 11) is 0. The zero-order chi connectivity index (χ0) is 33.2. The number of nitrogens with zero attached hydrogens (tertiary/aromatic N) is 2. The van der Waals surface area contributed by atoms with Gasteiger partial charge in [-0.15, -0.1) is 0 Å². The molecule has 2 atom stereocenters. The number of nitrogens with one attached hydrogen (secondary N) is 1. The first-order valence-corrected chi connectivity index (χ1v) is 15.4. The van der Waals surface area contributed by atoms with Crippen LogP contribution in [0.1, 0.15) is 53.7 Å². The number of fused-ring (bicyclic) bond motifs is 1. The average Bonchev–Trinajstić information content (AvgIpc) is 3.44. The van der Waals surface area contributed by atoms with Crippen LogP contribution in [0.3, 0.4) is 0 Å². The predicted octanol–water partition coefficient (Wildman–Crippen LogP) is 5.82. The third-order valence-electron chi connectivity index (χ3n) is 7.89. The number of halogens is 3. The first-order chi connectivity index (χ1) is 22.0. The SMILES string of the molecule is C[C@H](Cc1cc(C#N)c2c(c1)CCN2CCCOC(=O)c1ccccc1)NC(C)(CN)CCOc1ccccc1OCC(F)(F)F. The molecule has 3 aromatic carbocycles. The van der Waals surface area contributed by atoms with E-state index in [-0.39, 0.29) is 30.1 Å². The van der Waals surface area contributed by atoms with Gasteiger partial charge in [-0.05, 0) is 74.6 Å². The molecule has 0 radical (unpaired) electrons. The van der Waals surface area contributed by atoms with Crippen molar-refractivity contribution in [2.75, 3.05) is 44.4 Å². The Kier molecular flexibility index (Phi) is 11.9. The third-order valence-corrected chi connectivity index (χ3v) is 7.89. The molecule has 4 rings (SSSR count). The summed E-state index contributed by atoms with van der Waals surface area (Å²) in [6, 6.07) is 21.6. The van der Waals surface area contributed by atoms with Gasteiger partial charge in [0.1, 0.15) is 6.07 Å². The molecule has 3 aromatic rings. The van der Waals surface area contributed by atoms with Crippen LogP contribution in [0.2, 0.25) is 0 Å². The maximum Gasteiger partial charge on any atom is 0.422 e. The molecule has 1 aliphatic rings. The van der Waals surface area contributed by atoms with Crippen molar-refractivity contribution >= 4 is 11.7 Å². The quantitative estimate of drug-likeness (QED) is 0.149. The van der Waals surface area contributed by atoms with Gasteiger partial charge in [0.25, 0.3) is 0 Å². The summed E-state index contributed by atoms with van der Waals surface area (Å²) in [6.45, 7) is 4.95. The molecule has 0 bridgehead atoms. The van der Waals surface area contributed by atoms with Crippen LogP contribution in [0.25, 0.3) is 0 Å². The van der Waals surface area contributed by atoms with Gasteiger partial charge in [0, 0.05) is 37.6 Å². The molecule has 0 amide bonds. The highest BCUT2D eigenvalue weighted by Crippen LogP contribution is 2.34. The van der Waals surface area contributed by atoms with Crippen LogP contribution in [0, 0.1) is 11.3 Å². The van der Waals surface area contributed by atoms with Crippen molar-refractivity contribution in [1.82, 2.24) is 5.32 Å². The summed E-state index contributed by atoms with van der Waals surface area (Å²) in [5.41, 5.74) is 9.91. The van der Waals surface area contributed by atoms with E-state index in [0.29, 0.717) is 50.1 Å². The lowest BCUT2D eigenvalue weighted by molar-refractivity contribution is -0.153. The molecule has 0 saturated heterocycles. The second kappa shape index (κ2) is 15.8. The fraction of sp³-hybridized carbons (Fsp3) is 0.429. The minimum Gasteiger partial charge on any atom is -0.490 e. The first kappa shape index (κ1) is 34.6. The van der Waals surface area contributed by atoms with Crippen molar-refractivity contribution in [1.29, 1.82) is 5.26 Å². The van der Waals surface area contributed by atoms with Crippen molar-refractivity contribution in [3.05, 3.63) is 89.0 Å². The van der Waals surface area contributed by atoms with Crippen LogP contribution in [0.15, 0.2) is 66.7 Å². The number of hydrogen-bond donors (Lipinski definition) is 2. The van der Waals surface area contributed by atoms with E-state index in [4.69, 9.17) is 19.9 Å². The van der Waals surface area contributed by atoms with Gasteiger partial charge in [0.15, 0.2) is 18.1 Å². The fourth-order valence-corrected chi connectivity index (χ4v) is 5.66. The van der Waals surface area contributed by atoms with E-state index in [1.165, 1.54) is 6.07 Å². The number of alkyl halides is 3.